The largest absolute Gasteiger partial charge is 0.442 e. The smallest absolute Gasteiger partial charge is 0.408 e. The Bertz CT molecular complexity index is 1290. The van der Waals surface area contributed by atoms with E-state index >= 15 is 4.39 Å². The van der Waals surface area contributed by atoms with Crippen molar-refractivity contribution in [3.05, 3.63) is 36.0 Å². The molecule has 3 fully saturated rings. The fourth-order valence-corrected chi connectivity index (χ4v) is 9.33. The summed E-state index contributed by atoms with van der Waals surface area (Å²) in [6, 6.07) is 0. The van der Waals surface area contributed by atoms with Crippen LogP contribution in [0, 0.1) is 28.6 Å². The van der Waals surface area contributed by atoms with Gasteiger partial charge in [-0.3, -0.25) is 14.6 Å². The van der Waals surface area contributed by atoms with Crippen LogP contribution in [0.1, 0.15) is 91.9 Å². The van der Waals surface area contributed by atoms with Crippen molar-refractivity contribution >= 4 is 23.4 Å². The number of halogens is 1. The summed E-state index contributed by atoms with van der Waals surface area (Å²) in [4.78, 5) is 42.2. The van der Waals surface area contributed by atoms with Crippen LogP contribution in [-0.4, -0.2) is 70.2 Å². The van der Waals surface area contributed by atoms with Crippen LogP contribution in [0.25, 0.3) is 0 Å². The van der Waals surface area contributed by atoms with Crippen molar-refractivity contribution in [2.24, 2.45) is 33.6 Å². The number of aliphatic imine (C=N–C) groups is 1. The van der Waals surface area contributed by atoms with Gasteiger partial charge in [-0.25, -0.2) is 9.18 Å². The summed E-state index contributed by atoms with van der Waals surface area (Å²) >= 11 is 0. The average Bonchev–Trinajstić information content (AvgIpc) is 3.17. The predicted octanol–water partition coefficient (Wildman–Crippen LogP) is 5.37. The SMILES string of the molecule is CCC(=O)[C@@]1(O)[C@H](C)C[C@H]2[C@@H]3CCC4=CC(=NCC(=O)CNC(=O)OC5/C=C/CCCCC5)C=C[C@]4(C)[C@@]3(F)[C@@H](O)C[C@@]21C. The van der Waals surface area contributed by atoms with Gasteiger partial charge in [-0.1, -0.05) is 44.9 Å². The first-order valence-corrected chi connectivity index (χ1v) is 16.5. The Balaban J connectivity index is 1.25. The Morgan fingerprint density at radius 1 is 1.16 bits per heavy atom. The van der Waals surface area contributed by atoms with Crippen LogP contribution in [0.4, 0.5) is 9.18 Å². The Kier molecular flexibility index (Phi) is 9.13. The number of hydrogen-bond donors (Lipinski definition) is 3. The second-order valence-corrected chi connectivity index (χ2v) is 14.2. The van der Waals surface area contributed by atoms with Crippen LogP contribution in [0.15, 0.2) is 40.9 Å². The van der Waals surface area contributed by atoms with E-state index < -0.39 is 40.2 Å². The van der Waals surface area contributed by atoms with Gasteiger partial charge < -0.3 is 20.3 Å². The summed E-state index contributed by atoms with van der Waals surface area (Å²) in [5, 5.41) is 25.9. The highest BCUT2D eigenvalue weighted by molar-refractivity contribution is 6.06. The lowest BCUT2D eigenvalue weighted by Crippen LogP contribution is -2.69. The van der Waals surface area contributed by atoms with Gasteiger partial charge in [0.1, 0.15) is 18.2 Å². The summed E-state index contributed by atoms with van der Waals surface area (Å²) < 4.78 is 23.0. The van der Waals surface area contributed by atoms with E-state index in [1.807, 2.05) is 39.0 Å². The minimum atomic E-state index is -1.98. The number of Topliss-reactive ketones (excluding diaryl/α,β-unsaturated/α-hetero) is 2. The standard InChI is InChI=1S/C35H49FN2O6/c1-5-29(40)35(43)22(2)17-28-27-14-13-23-18-24(15-16-32(23,3)34(27,36)30(41)19-33(28,35)4)37-20-25(39)21-38-31(42)44-26-11-9-7-6-8-10-12-26/h9,11,15-16,18,22,26-28,30,41,43H,5-8,10,12-14,17,19-21H2,1-4H3,(H,38,42)/b11-9+,37-24?/t22-,26?,27+,28+,30+,32+,33+,34+,35+/m1/s1. The molecule has 0 aromatic rings. The van der Waals surface area contributed by atoms with Gasteiger partial charge in [-0.2, -0.15) is 0 Å². The van der Waals surface area contributed by atoms with E-state index in [1.165, 1.54) is 0 Å². The number of carbonyl (C=O) groups is 3. The van der Waals surface area contributed by atoms with Crippen LogP contribution in [-0.2, 0) is 14.3 Å². The van der Waals surface area contributed by atoms with Gasteiger partial charge in [-0.05, 0) is 88.4 Å². The molecule has 0 heterocycles. The highest BCUT2D eigenvalue weighted by Crippen LogP contribution is 2.70. The molecule has 0 aliphatic heterocycles. The number of ketones is 2. The van der Waals surface area contributed by atoms with Crippen molar-refractivity contribution in [3.8, 4) is 0 Å². The lowest BCUT2D eigenvalue weighted by molar-refractivity contribution is -0.218. The molecule has 1 amide bonds. The molecular formula is C35H49FN2O6. The number of nitrogens with one attached hydrogen (secondary N) is 1. The number of nitrogens with zero attached hydrogens (tertiary/aromatic N) is 1. The Morgan fingerprint density at radius 3 is 2.68 bits per heavy atom. The van der Waals surface area contributed by atoms with Gasteiger partial charge >= 0.3 is 6.09 Å². The Labute approximate surface area is 260 Å². The second-order valence-electron chi connectivity index (χ2n) is 14.2. The quantitative estimate of drug-likeness (QED) is 0.332. The summed E-state index contributed by atoms with van der Waals surface area (Å²) in [5.74, 6) is -1.60. The first kappa shape index (κ1) is 32.7. The maximum Gasteiger partial charge on any atom is 0.408 e. The summed E-state index contributed by atoms with van der Waals surface area (Å²) in [5.41, 5.74) is -4.20. The molecule has 5 aliphatic rings. The van der Waals surface area contributed by atoms with Gasteiger partial charge in [0.15, 0.2) is 17.2 Å². The van der Waals surface area contributed by atoms with Gasteiger partial charge in [0, 0.05) is 23.2 Å². The maximum atomic E-state index is 17.6. The number of carbonyl (C=O) groups excluding carboxylic acids is 3. The number of hydrogen-bond acceptors (Lipinski definition) is 7. The lowest BCUT2D eigenvalue weighted by atomic mass is 9.44. The molecule has 5 aliphatic carbocycles. The molecule has 44 heavy (non-hydrogen) atoms. The molecule has 242 valence electrons. The van der Waals surface area contributed by atoms with Crippen LogP contribution in [0.2, 0.25) is 0 Å². The third-order valence-electron chi connectivity index (χ3n) is 11.8. The van der Waals surface area contributed by atoms with E-state index in [9.17, 15) is 24.6 Å². The first-order chi connectivity index (χ1) is 20.8. The first-order valence-electron chi connectivity index (χ1n) is 16.5. The van der Waals surface area contributed by atoms with Crippen molar-refractivity contribution < 1.29 is 33.7 Å². The number of ether oxygens (including phenoxy) is 1. The monoisotopic (exact) mass is 612 g/mol. The molecule has 0 radical (unpaired) electrons. The number of amides is 1. The molecular weight excluding hydrogens is 563 g/mol. The number of aliphatic hydroxyl groups is 2. The lowest BCUT2D eigenvalue weighted by Gasteiger charge is -2.62. The van der Waals surface area contributed by atoms with E-state index in [4.69, 9.17) is 4.74 Å². The fourth-order valence-electron chi connectivity index (χ4n) is 9.33. The van der Waals surface area contributed by atoms with Gasteiger partial charge in [-0.15, -0.1) is 0 Å². The van der Waals surface area contributed by atoms with Crippen molar-refractivity contribution in [2.45, 2.75) is 115 Å². The van der Waals surface area contributed by atoms with Crippen LogP contribution in [0.3, 0.4) is 0 Å². The zero-order valence-electron chi connectivity index (χ0n) is 26.6. The normalized spacial score (nSPS) is 43.0. The summed E-state index contributed by atoms with van der Waals surface area (Å²) in [6.45, 7) is 6.96. The van der Waals surface area contributed by atoms with Crippen LogP contribution in [0.5, 0.6) is 0 Å². The maximum absolute atomic E-state index is 17.6. The molecule has 9 heteroatoms. The van der Waals surface area contributed by atoms with E-state index in [1.54, 1.807) is 19.1 Å². The van der Waals surface area contributed by atoms with E-state index in [2.05, 4.69) is 10.3 Å². The third-order valence-corrected chi connectivity index (χ3v) is 11.8. The molecule has 1 unspecified atom stereocenters. The molecule has 0 aromatic heterocycles. The van der Waals surface area contributed by atoms with Crippen molar-refractivity contribution in [2.75, 3.05) is 13.1 Å². The summed E-state index contributed by atoms with van der Waals surface area (Å²) in [6.07, 6.45) is 13.7. The zero-order chi connectivity index (χ0) is 31.9. The van der Waals surface area contributed by atoms with Crippen molar-refractivity contribution in [3.63, 3.8) is 0 Å². The number of alkyl carbamates (subject to hydrolysis) is 1. The highest BCUT2D eigenvalue weighted by Gasteiger charge is 2.75. The molecule has 0 aromatic carbocycles. The molecule has 5 rings (SSSR count). The molecule has 8 nitrogen and oxygen atoms in total. The molecule has 3 saturated carbocycles. The topological polar surface area (TPSA) is 125 Å². The second kappa shape index (κ2) is 12.3. The fraction of sp³-hybridized carbons (Fsp3) is 0.714. The molecule has 3 N–H and O–H groups in total. The number of fused-ring (bicyclic) bond motifs is 5. The van der Waals surface area contributed by atoms with E-state index in [0.717, 1.165) is 37.7 Å². The molecule has 9 atom stereocenters. The minimum absolute atomic E-state index is 0.00980. The van der Waals surface area contributed by atoms with E-state index in [-0.39, 0.29) is 55.4 Å². The minimum Gasteiger partial charge on any atom is -0.442 e. The van der Waals surface area contributed by atoms with Crippen LogP contribution < -0.4 is 5.32 Å². The van der Waals surface area contributed by atoms with Gasteiger partial charge in [0.05, 0.1) is 18.4 Å². The number of alkyl halides is 1. The molecule has 0 spiro atoms. The van der Waals surface area contributed by atoms with Crippen LogP contribution >= 0.6 is 0 Å². The van der Waals surface area contributed by atoms with Gasteiger partial charge in [0.25, 0.3) is 0 Å². The number of allylic oxidation sites excluding steroid dienone is 5. The zero-order valence-corrected chi connectivity index (χ0v) is 26.6. The molecule has 0 saturated heterocycles. The average molecular weight is 613 g/mol. The summed E-state index contributed by atoms with van der Waals surface area (Å²) in [7, 11) is 0. The number of aliphatic hydroxyl groups excluding tert-OH is 1. The highest BCUT2D eigenvalue weighted by atomic mass is 19.1. The van der Waals surface area contributed by atoms with E-state index in [0.29, 0.717) is 25.0 Å². The van der Waals surface area contributed by atoms with Gasteiger partial charge in [0.2, 0.25) is 0 Å². The Morgan fingerprint density at radius 2 is 1.93 bits per heavy atom. The van der Waals surface area contributed by atoms with Crippen molar-refractivity contribution in [1.82, 2.24) is 5.32 Å². The molecule has 0 bridgehead atoms. The number of rotatable bonds is 7. The van der Waals surface area contributed by atoms with Crippen molar-refractivity contribution in [1.29, 1.82) is 0 Å². The third kappa shape index (κ3) is 5.21. The Hall–Kier alpha value is -2.65. The predicted molar refractivity (Wildman–Crippen MR) is 166 cm³/mol.